The number of piperazine rings is 1. The van der Waals surface area contributed by atoms with Crippen LogP contribution in [0.25, 0.3) is 11.0 Å². The van der Waals surface area contributed by atoms with E-state index in [0.29, 0.717) is 31.9 Å². The van der Waals surface area contributed by atoms with Crippen LogP contribution in [0.2, 0.25) is 0 Å². The Morgan fingerprint density at radius 3 is 2.50 bits per heavy atom. The van der Waals surface area contributed by atoms with Gasteiger partial charge in [0.15, 0.2) is 5.76 Å². The van der Waals surface area contributed by atoms with Gasteiger partial charge in [0.05, 0.1) is 13.5 Å². The van der Waals surface area contributed by atoms with Crippen molar-refractivity contribution in [2.24, 2.45) is 0 Å². The van der Waals surface area contributed by atoms with Crippen LogP contribution in [0.5, 0.6) is 5.75 Å². The number of hydrogen-bond donors (Lipinski definition) is 1. The minimum Gasteiger partial charge on any atom is -0.759 e. The highest BCUT2D eigenvalue weighted by Gasteiger charge is 2.28. The van der Waals surface area contributed by atoms with Crippen LogP contribution in [0.1, 0.15) is 30.2 Å². The minimum atomic E-state index is -2.54. The number of furan rings is 1. The smallest absolute Gasteiger partial charge is 0.305 e. The monoisotopic (exact) mass is 510 g/mol. The fraction of sp³-hybridized carbons (Fsp3) is 0.346. The summed E-state index contributed by atoms with van der Waals surface area (Å²) in [5, 5.41) is 11.7. The van der Waals surface area contributed by atoms with Gasteiger partial charge in [0.1, 0.15) is 11.3 Å². The van der Waals surface area contributed by atoms with E-state index in [1.54, 1.807) is 19.0 Å². The molecule has 1 saturated heterocycles. The molecule has 1 aromatic heterocycles. The third-order valence-corrected chi connectivity index (χ3v) is 7.13. The van der Waals surface area contributed by atoms with Gasteiger partial charge in [-0.15, -0.1) is 0 Å². The van der Waals surface area contributed by atoms with Crippen LogP contribution in [0, 0.1) is 18.8 Å². The van der Waals surface area contributed by atoms with Gasteiger partial charge >= 0.3 is 5.97 Å². The fourth-order valence-corrected chi connectivity index (χ4v) is 5.05. The molecule has 0 bridgehead atoms. The lowest BCUT2D eigenvalue weighted by Crippen LogP contribution is -2.57. The normalized spacial score (nSPS) is 16.0. The molecule has 2 heterocycles. The van der Waals surface area contributed by atoms with Crippen molar-refractivity contribution in [3.05, 3.63) is 59.4 Å². The topological polar surface area (TPSA) is 110 Å². The lowest BCUT2D eigenvalue weighted by atomic mass is 10.1. The van der Waals surface area contributed by atoms with E-state index in [4.69, 9.17) is 14.3 Å². The molecule has 9 nitrogen and oxygen atoms in total. The van der Waals surface area contributed by atoms with E-state index in [1.807, 2.05) is 49.4 Å². The van der Waals surface area contributed by atoms with Crippen molar-refractivity contribution in [1.82, 2.24) is 9.42 Å². The van der Waals surface area contributed by atoms with Gasteiger partial charge in [-0.2, -0.15) is 4.41 Å². The molecule has 1 aliphatic heterocycles. The number of methoxy groups -OCH3 is 1. The second kappa shape index (κ2) is 11.1. The van der Waals surface area contributed by atoms with Crippen molar-refractivity contribution >= 4 is 33.9 Å². The molecule has 0 saturated carbocycles. The second-order valence-corrected chi connectivity index (χ2v) is 9.43. The number of fused-ring (bicyclic) bond motifs is 1. The van der Waals surface area contributed by atoms with Gasteiger partial charge in [-0.05, 0) is 62.2 Å². The van der Waals surface area contributed by atoms with Crippen molar-refractivity contribution in [3.8, 4) is 17.6 Å². The van der Waals surface area contributed by atoms with Gasteiger partial charge in [0, 0.05) is 65.7 Å². The molecule has 1 fully saturated rings. The van der Waals surface area contributed by atoms with E-state index in [0.717, 1.165) is 37.9 Å². The van der Waals surface area contributed by atoms with Crippen LogP contribution < -0.4 is 9.64 Å². The summed E-state index contributed by atoms with van der Waals surface area (Å²) in [6.07, 6.45) is -0.252. The van der Waals surface area contributed by atoms with Crippen molar-refractivity contribution in [2.45, 2.75) is 26.3 Å². The molecule has 1 aliphatic rings. The summed E-state index contributed by atoms with van der Waals surface area (Å²) >= 11 is -2.54. The SMILES string of the molecule is COc1ccc2oc(C#Cc3ccc(N4CCN(N(C(C)CC(=O)O)S(=O)[O-])CC4)cc3)c(C)c2c1. The van der Waals surface area contributed by atoms with Gasteiger partial charge in [0.2, 0.25) is 0 Å². The number of ether oxygens (including phenoxy) is 1. The van der Waals surface area contributed by atoms with Crippen LogP contribution in [-0.2, 0) is 16.1 Å². The molecule has 36 heavy (non-hydrogen) atoms. The lowest BCUT2D eigenvalue weighted by Gasteiger charge is -2.44. The molecule has 4 rings (SSSR count). The number of rotatable bonds is 7. The first kappa shape index (κ1) is 25.7. The molecule has 2 unspecified atom stereocenters. The number of carboxylic acids is 1. The molecule has 0 radical (unpaired) electrons. The number of hydrogen-bond acceptors (Lipinski definition) is 7. The third-order valence-electron chi connectivity index (χ3n) is 6.23. The van der Waals surface area contributed by atoms with E-state index in [9.17, 15) is 13.6 Å². The zero-order valence-electron chi connectivity index (χ0n) is 20.4. The summed E-state index contributed by atoms with van der Waals surface area (Å²) in [7, 11) is 1.63. The highest BCUT2D eigenvalue weighted by molar-refractivity contribution is 7.76. The number of benzene rings is 2. The largest absolute Gasteiger partial charge is 0.759 e. The van der Waals surface area contributed by atoms with Crippen LogP contribution in [0.3, 0.4) is 0 Å². The first-order chi connectivity index (χ1) is 17.3. The number of aryl methyl sites for hydroxylation is 1. The quantitative estimate of drug-likeness (QED) is 0.381. The zero-order valence-corrected chi connectivity index (χ0v) is 21.2. The van der Waals surface area contributed by atoms with Crippen molar-refractivity contribution < 1.29 is 27.8 Å². The average Bonchev–Trinajstić information content (AvgIpc) is 3.17. The summed E-state index contributed by atoms with van der Waals surface area (Å²) in [6.45, 7) is 5.73. The van der Waals surface area contributed by atoms with Crippen LogP contribution in [0.4, 0.5) is 5.69 Å². The Morgan fingerprint density at radius 2 is 1.89 bits per heavy atom. The minimum absolute atomic E-state index is 0.252. The first-order valence-electron chi connectivity index (χ1n) is 11.6. The van der Waals surface area contributed by atoms with Crippen molar-refractivity contribution in [2.75, 3.05) is 38.2 Å². The summed E-state index contributed by atoms with van der Waals surface area (Å²) in [4.78, 5) is 13.2. The van der Waals surface area contributed by atoms with Gasteiger partial charge in [0.25, 0.3) is 0 Å². The number of carbonyl (C=O) groups is 1. The molecule has 2 aromatic carbocycles. The number of carboxylic acid groups (broad SMARTS) is 1. The van der Waals surface area contributed by atoms with Crippen molar-refractivity contribution in [1.29, 1.82) is 0 Å². The predicted octanol–water partition coefficient (Wildman–Crippen LogP) is 3.15. The molecule has 2 atom stereocenters. The van der Waals surface area contributed by atoms with E-state index in [1.165, 1.54) is 0 Å². The van der Waals surface area contributed by atoms with Crippen LogP contribution in [-0.4, -0.2) is 68.6 Å². The molecule has 0 amide bonds. The first-order valence-corrected chi connectivity index (χ1v) is 12.6. The number of nitrogens with zero attached hydrogens (tertiary/aromatic N) is 3. The zero-order chi connectivity index (χ0) is 25.8. The molecule has 10 heteroatoms. The molecule has 3 aromatic rings. The van der Waals surface area contributed by atoms with Gasteiger partial charge in [-0.1, -0.05) is 5.92 Å². The Hall–Kier alpha value is -3.36. The maximum absolute atomic E-state index is 11.7. The molecule has 190 valence electrons. The summed E-state index contributed by atoms with van der Waals surface area (Å²) < 4.78 is 35.8. The highest BCUT2D eigenvalue weighted by atomic mass is 32.2. The van der Waals surface area contributed by atoms with E-state index < -0.39 is 23.3 Å². The lowest BCUT2D eigenvalue weighted by molar-refractivity contribution is -0.139. The molecule has 1 N–H and O–H groups in total. The maximum atomic E-state index is 11.7. The number of hydrazine groups is 1. The molecule has 0 spiro atoms. The molecular weight excluding hydrogens is 482 g/mol. The van der Waals surface area contributed by atoms with Gasteiger partial charge in [-0.25, -0.2) is 5.01 Å². The Morgan fingerprint density at radius 1 is 1.19 bits per heavy atom. The van der Waals surface area contributed by atoms with Crippen molar-refractivity contribution in [3.63, 3.8) is 0 Å². The Balaban J connectivity index is 1.41. The summed E-state index contributed by atoms with van der Waals surface area (Å²) in [6, 6.07) is 12.9. The summed E-state index contributed by atoms with van der Waals surface area (Å²) in [5.41, 5.74) is 3.60. The Bertz CT molecular complexity index is 1320. The number of anilines is 1. The van der Waals surface area contributed by atoms with E-state index in [-0.39, 0.29) is 6.42 Å². The Kier molecular flexibility index (Phi) is 7.96. The number of aliphatic carboxylic acids is 1. The fourth-order valence-electron chi connectivity index (χ4n) is 4.33. The van der Waals surface area contributed by atoms with Crippen LogP contribution in [0.15, 0.2) is 46.9 Å². The third kappa shape index (κ3) is 5.71. The molecular formula is C26H28N3O6S-. The van der Waals surface area contributed by atoms with E-state index >= 15 is 0 Å². The average molecular weight is 511 g/mol. The highest BCUT2D eigenvalue weighted by Crippen LogP contribution is 2.28. The maximum Gasteiger partial charge on any atom is 0.305 e. The van der Waals surface area contributed by atoms with E-state index in [2.05, 4.69) is 16.7 Å². The Labute approximate surface area is 212 Å². The molecule has 0 aliphatic carbocycles. The van der Waals surface area contributed by atoms with Crippen LogP contribution >= 0.6 is 0 Å². The standard InChI is InChI=1S/C26H29N3O6S/c1-18(16-26(30)31)29(36(32)33)28-14-12-27(13-15-28)21-7-4-20(5-8-21)6-10-24-19(2)23-17-22(34-3)9-11-25(23)35-24/h4-5,7-9,11,17-18H,12-16H2,1-3H3,(H,30,31)(H,32,33)/p-1. The van der Waals surface area contributed by atoms with Gasteiger partial charge in [-0.3, -0.25) is 9.00 Å². The van der Waals surface area contributed by atoms with Gasteiger partial charge < -0.3 is 23.7 Å². The predicted molar refractivity (Wildman–Crippen MR) is 136 cm³/mol. The second-order valence-electron chi connectivity index (χ2n) is 8.62. The summed E-state index contributed by atoms with van der Waals surface area (Å²) in [5.74, 6) is 6.64.